The lowest BCUT2D eigenvalue weighted by Crippen LogP contribution is -2.32. The van der Waals surface area contributed by atoms with E-state index < -0.39 is 17.8 Å². The van der Waals surface area contributed by atoms with Gasteiger partial charge in [0.2, 0.25) is 0 Å². The first kappa shape index (κ1) is 23.2. The average molecular weight is 445 g/mol. The third-order valence-electron chi connectivity index (χ3n) is 4.57. The number of hydrazone groups is 1. The second kappa shape index (κ2) is 11.2. The fourth-order valence-electron chi connectivity index (χ4n) is 2.77. The van der Waals surface area contributed by atoms with Gasteiger partial charge in [0.25, 0.3) is 0 Å². The fourth-order valence-corrected chi connectivity index (χ4v) is 2.77. The standard InChI is InChI=1S/C25H23N3O5/c1-17-7-13-21(14-8-17)27-23(29)24(30)28-26-15-20-5-3-4-6-22(20)33-16-18-9-11-19(12-10-18)25(31)32-2/h3-15H,16H2,1-2H3,(H,27,29)(H,28,30)/b26-15-. The van der Waals surface area contributed by atoms with Crippen molar-refractivity contribution in [3.63, 3.8) is 0 Å². The summed E-state index contributed by atoms with van der Waals surface area (Å²) >= 11 is 0. The lowest BCUT2D eigenvalue weighted by molar-refractivity contribution is -0.136. The molecule has 2 N–H and O–H groups in total. The number of rotatable bonds is 7. The van der Waals surface area contributed by atoms with Crippen LogP contribution in [-0.2, 0) is 20.9 Å². The lowest BCUT2D eigenvalue weighted by atomic mass is 10.1. The van der Waals surface area contributed by atoms with Crippen LogP contribution in [-0.4, -0.2) is 31.1 Å². The van der Waals surface area contributed by atoms with Gasteiger partial charge >= 0.3 is 17.8 Å². The molecule has 168 valence electrons. The van der Waals surface area contributed by atoms with E-state index in [1.165, 1.54) is 13.3 Å². The number of ether oxygens (including phenoxy) is 2. The molecule has 33 heavy (non-hydrogen) atoms. The summed E-state index contributed by atoms with van der Waals surface area (Å²) in [6, 6.07) is 21.1. The first-order valence-electron chi connectivity index (χ1n) is 10.1. The second-order valence-corrected chi connectivity index (χ2v) is 7.03. The predicted molar refractivity (Wildman–Crippen MR) is 124 cm³/mol. The molecular weight excluding hydrogens is 422 g/mol. The number of nitrogens with zero attached hydrogens (tertiary/aromatic N) is 1. The second-order valence-electron chi connectivity index (χ2n) is 7.03. The Balaban J connectivity index is 1.56. The highest BCUT2D eigenvalue weighted by atomic mass is 16.5. The highest BCUT2D eigenvalue weighted by molar-refractivity contribution is 6.39. The fraction of sp³-hybridized carbons (Fsp3) is 0.120. The van der Waals surface area contributed by atoms with Crippen molar-refractivity contribution >= 4 is 29.7 Å². The zero-order chi connectivity index (χ0) is 23.6. The number of carbonyl (C=O) groups excluding carboxylic acids is 3. The van der Waals surface area contributed by atoms with E-state index in [4.69, 9.17) is 4.74 Å². The van der Waals surface area contributed by atoms with Gasteiger partial charge in [-0.25, -0.2) is 10.2 Å². The quantitative estimate of drug-likeness (QED) is 0.251. The van der Waals surface area contributed by atoms with Gasteiger partial charge in [-0.15, -0.1) is 0 Å². The summed E-state index contributed by atoms with van der Waals surface area (Å²) in [5.74, 6) is -1.58. The van der Waals surface area contributed by atoms with Crippen LogP contribution in [0.5, 0.6) is 5.75 Å². The SMILES string of the molecule is COC(=O)c1ccc(COc2ccccc2/C=N\NC(=O)C(=O)Nc2ccc(C)cc2)cc1. The van der Waals surface area contributed by atoms with Crippen molar-refractivity contribution in [2.75, 3.05) is 12.4 Å². The van der Waals surface area contributed by atoms with Crippen molar-refractivity contribution in [3.8, 4) is 5.75 Å². The molecule has 0 saturated heterocycles. The van der Waals surface area contributed by atoms with Gasteiger partial charge in [-0.1, -0.05) is 42.0 Å². The minimum atomic E-state index is -0.893. The maximum atomic E-state index is 12.0. The first-order chi connectivity index (χ1) is 16.0. The molecule has 0 aromatic heterocycles. The summed E-state index contributed by atoms with van der Waals surface area (Å²) in [4.78, 5) is 35.5. The monoisotopic (exact) mass is 445 g/mol. The number of hydrogen-bond donors (Lipinski definition) is 2. The van der Waals surface area contributed by atoms with Crippen LogP contribution in [0.25, 0.3) is 0 Å². The van der Waals surface area contributed by atoms with Crippen molar-refractivity contribution in [1.82, 2.24) is 5.43 Å². The number of hydrogen-bond acceptors (Lipinski definition) is 6. The van der Waals surface area contributed by atoms with E-state index in [-0.39, 0.29) is 6.61 Å². The normalized spacial score (nSPS) is 10.5. The van der Waals surface area contributed by atoms with Gasteiger partial charge in [-0.3, -0.25) is 9.59 Å². The molecule has 0 unspecified atom stereocenters. The Hall–Kier alpha value is -4.46. The molecule has 3 aromatic rings. The molecule has 8 nitrogen and oxygen atoms in total. The van der Waals surface area contributed by atoms with E-state index in [0.29, 0.717) is 22.6 Å². The molecule has 3 aromatic carbocycles. The van der Waals surface area contributed by atoms with Gasteiger partial charge in [0.05, 0.1) is 18.9 Å². The molecule has 3 rings (SSSR count). The van der Waals surface area contributed by atoms with E-state index in [9.17, 15) is 14.4 Å². The molecule has 0 aliphatic rings. The van der Waals surface area contributed by atoms with Gasteiger partial charge in [0.1, 0.15) is 12.4 Å². The average Bonchev–Trinajstić information content (AvgIpc) is 2.84. The highest BCUT2D eigenvalue weighted by Crippen LogP contribution is 2.18. The van der Waals surface area contributed by atoms with Crippen molar-refractivity contribution in [2.45, 2.75) is 13.5 Å². The van der Waals surface area contributed by atoms with Gasteiger partial charge in [-0.2, -0.15) is 5.10 Å². The largest absolute Gasteiger partial charge is 0.488 e. The molecule has 0 bridgehead atoms. The molecular formula is C25H23N3O5. The van der Waals surface area contributed by atoms with Gasteiger partial charge in [-0.05, 0) is 48.9 Å². The predicted octanol–water partition coefficient (Wildman–Crippen LogP) is 3.45. The van der Waals surface area contributed by atoms with E-state index in [2.05, 4.69) is 20.6 Å². The molecule has 0 fully saturated rings. The summed E-state index contributed by atoms with van der Waals surface area (Å²) in [5, 5.41) is 6.36. The molecule has 2 amide bonds. The Labute approximate surface area is 191 Å². The lowest BCUT2D eigenvalue weighted by Gasteiger charge is -2.09. The first-order valence-corrected chi connectivity index (χ1v) is 10.1. The Morgan fingerprint density at radius 1 is 0.909 bits per heavy atom. The molecule has 0 atom stereocenters. The zero-order valence-corrected chi connectivity index (χ0v) is 18.2. The molecule has 0 aliphatic carbocycles. The Morgan fingerprint density at radius 3 is 2.30 bits per heavy atom. The van der Waals surface area contributed by atoms with Gasteiger partial charge < -0.3 is 14.8 Å². The number of esters is 1. The van der Waals surface area contributed by atoms with Crippen LogP contribution in [0.15, 0.2) is 77.9 Å². The number of amides is 2. The summed E-state index contributed by atoms with van der Waals surface area (Å²) in [5.41, 5.74) is 5.69. The van der Waals surface area contributed by atoms with Gasteiger partial charge in [0, 0.05) is 11.3 Å². The van der Waals surface area contributed by atoms with Gasteiger partial charge in [0.15, 0.2) is 0 Å². The van der Waals surface area contributed by atoms with E-state index in [0.717, 1.165) is 11.1 Å². The highest BCUT2D eigenvalue weighted by Gasteiger charge is 2.13. The topological polar surface area (TPSA) is 106 Å². The van der Waals surface area contributed by atoms with Crippen LogP contribution in [0, 0.1) is 6.92 Å². The van der Waals surface area contributed by atoms with E-state index in [1.54, 1.807) is 60.7 Å². The number of methoxy groups -OCH3 is 1. The smallest absolute Gasteiger partial charge is 0.337 e. The van der Waals surface area contributed by atoms with Crippen molar-refractivity contribution in [2.24, 2.45) is 5.10 Å². The van der Waals surface area contributed by atoms with Crippen molar-refractivity contribution < 1.29 is 23.9 Å². The Kier molecular flexibility index (Phi) is 7.91. The molecule has 8 heteroatoms. The third-order valence-corrected chi connectivity index (χ3v) is 4.57. The maximum Gasteiger partial charge on any atom is 0.337 e. The van der Waals surface area contributed by atoms with E-state index >= 15 is 0 Å². The van der Waals surface area contributed by atoms with E-state index in [1.807, 2.05) is 19.1 Å². The summed E-state index contributed by atoms with van der Waals surface area (Å²) < 4.78 is 10.5. The van der Waals surface area contributed by atoms with Crippen LogP contribution >= 0.6 is 0 Å². The minimum absolute atomic E-state index is 0.262. The summed E-state index contributed by atoms with van der Waals surface area (Å²) in [6.07, 6.45) is 1.40. The number of para-hydroxylation sites is 1. The Morgan fingerprint density at radius 2 is 1.61 bits per heavy atom. The summed E-state index contributed by atoms with van der Waals surface area (Å²) in [7, 11) is 1.33. The molecule has 0 spiro atoms. The number of carbonyl (C=O) groups is 3. The number of aryl methyl sites for hydroxylation is 1. The minimum Gasteiger partial charge on any atom is -0.488 e. The van der Waals surface area contributed by atoms with Crippen LogP contribution in [0.2, 0.25) is 0 Å². The summed E-state index contributed by atoms with van der Waals surface area (Å²) in [6.45, 7) is 2.19. The van der Waals surface area contributed by atoms with Crippen LogP contribution in [0.3, 0.4) is 0 Å². The molecule has 0 saturated carbocycles. The van der Waals surface area contributed by atoms with Crippen LogP contribution < -0.4 is 15.5 Å². The third kappa shape index (κ3) is 6.76. The number of anilines is 1. The van der Waals surface area contributed by atoms with Crippen LogP contribution in [0.4, 0.5) is 5.69 Å². The van der Waals surface area contributed by atoms with Crippen molar-refractivity contribution in [3.05, 3.63) is 95.1 Å². The van der Waals surface area contributed by atoms with Crippen LogP contribution in [0.1, 0.15) is 27.0 Å². The maximum absolute atomic E-state index is 12.0. The number of benzene rings is 3. The van der Waals surface area contributed by atoms with Crippen molar-refractivity contribution in [1.29, 1.82) is 0 Å². The molecule has 0 aliphatic heterocycles. The molecule has 0 radical (unpaired) electrons. The molecule has 0 heterocycles. The Bertz CT molecular complexity index is 1160. The zero-order valence-electron chi connectivity index (χ0n) is 18.2. The number of nitrogens with one attached hydrogen (secondary N) is 2.